The number of amides is 1. The molecule has 1 amide bonds. The molecule has 6 heteroatoms. The molecule has 0 aliphatic carbocycles. The molecular formula is C22H22N2O4. The van der Waals surface area contributed by atoms with Gasteiger partial charge < -0.3 is 14.8 Å². The average Bonchev–Trinajstić information content (AvgIpc) is 2.71. The molecule has 0 saturated carbocycles. The largest absolute Gasteiger partial charge is 0.493 e. The van der Waals surface area contributed by atoms with Gasteiger partial charge in [-0.15, -0.1) is 0 Å². The van der Waals surface area contributed by atoms with Gasteiger partial charge in [-0.3, -0.25) is 4.79 Å². The number of esters is 1. The molecule has 144 valence electrons. The monoisotopic (exact) mass is 378 g/mol. The maximum absolute atomic E-state index is 12.5. The molecule has 2 aromatic carbocycles. The van der Waals surface area contributed by atoms with Crippen molar-refractivity contribution in [2.45, 2.75) is 20.3 Å². The van der Waals surface area contributed by atoms with Crippen LogP contribution in [-0.2, 0) is 9.53 Å². The molecule has 0 bridgehead atoms. The average molecular weight is 378 g/mol. The van der Waals surface area contributed by atoms with Crippen LogP contribution in [0.5, 0.6) is 5.75 Å². The number of benzene rings is 2. The molecule has 0 spiro atoms. The molecule has 0 aliphatic heterocycles. The van der Waals surface area contributed by atoms with E-state index in [1.54, 1.807) is 43.3 Å². The zero-order chi connectivity index (χ0) is 20.4. The Labute approximate surface area is 164 Å². The van der Waals surface area contributed by atoms with Gasteiger partial charge in [0.15, 0.2) is 0 Å². The molecule has 6 nitrogen and oxygen atoms in total. The molecule has 0 radical (unpaired) electrons. The Morgan fingerprint density at radius 1 is 1.14 bits per heavy atom. The minimum Gasteiger partial charge on any atom is -0.493 e. The summed E-state index contributed by atoms with van der Waals surface area (Å²) in [6, 6.07) is 15.5. The van der Waals surface area contributed by atoms with E-state index in [2.05, 4.69) is 5.32 Å². The number of nitrogens with one attached hydrogen (secondary N) is 1. The van der Waals surface area contributed by atoms with Crippen LogP contribution in [0.3, 0.4) is 0 Å². The Morgan fingerprint density at radius 3 is 2.64 bits per heavy atom. The van der Waals surface area contributed by atoms with Crippen LogP contribution in [0.15, 0.2) is 54.1 Å². The first kappa shape index (κ1) is 20.7. The van der Waals surface area contributed by atoms with Gasteiger partial charge in [0.25, 0.3) is 5.91 Å². The van der Waals surface area contributed by atoms with Crippen LogP contribution < -0.4 is 10.1 Å². The van der Waals surface area contributed by atoms with E-state index in [4.69, 9.17) is 9.47 Å². The SMILES string of the molecule is CCCOc1ccccc1/C=C(\C#N)C(=O)Nc1cccc(C(=O)OCC)c1. The van der Waals surface area contributed by atoms with Crippen molar-refractivity contribution in [3.8, 4) is 11.8 Å². The molecule has 2 rings (SSSR count). The summed E-state index contributed by atoms with van der Waals surface area (Å²) in [5, 5.41) is 12.1. The van der Waals surface area contributed by atoms with E-state index in [1.165, 1.54) is 12.1 Å². The number of hydrogen-bond acceptors (Lipinski definition) is 5. The van der Waals surface area contributed by atoms with Gasteiger partial charge in [0.05, 0.1) is 18.8 Å². The normalized spacial score (nSPS) is 10.7. The van der Waals surface area contributed by atoms with Gasteiger partial charge in [-0.2, -0.15) is 5.26 Å². The fourth-order valence-corrected chi connectivity index (χ4v) is 2.38. The predicted octanol–water partition coefficient (Wildman–Crippen LogP) is 4.20. The second-order valence-corrected chi connectivity index (χ2v) is 5.81. The highest BCUT2D eigenvalue weighted by atomic mass is 16.5. The number of carbonyl (C=O) groups is 2. The van der Waals surface area contributed by atoms with Crippen molar-refractivity contribution >= 4 is 23.6 Å². The maximum Gasteiger partial charge on any atom is 0.338 e. The number of nitriles is 1. The van der Waals surface area contributed by atoms with Crippen LogP contribution >= 0.6 is 0 Å². The summed E-state index contributed by atoms with van der Waals surface area (Å²) in [7, 11) is 0. The summed E-state index contributed by atoms with van der Waals surface area (Å²) in [6.07, 6.45) is 2.33. The van der Waals surface area contributed by atoms with Crippen LogP contribution in [0, 0.1) is 11.3 Å². The van der Waals surface area contributed by atoms with E-state index in [-0.39, 0.29) is 12.2 Å². The lowest BCUT2D eigenvalue weighted by molar-refractivity contribution is -0.112. The Bertz CT molecular complexity index is 913. The lowest BCUT2D eigenvalue weighted by Gasteiger charge is -2.09. The number of anilines is 1. The summed E-state index contributed by atoms with van der Waals surface area (Å²) in [6.45, 7) is 4.52. The van der Waals surface area contributed by atoms with Crippen molar-refractivity contribution in [3.63, 3.8) is 0 Å². The maximum atomic E-state index is 12.5. The van der Waals surface area contributed by atoms with E-state index in [0.717, 1.165) is 6.42 Å². The number of ether oxygens (including phenoxy) is 2. The predicted molar refractivity (Wildman–Crippen MR) is 107 cm³/mol. The number of nitrogens with zero attached hydrogens (tertiary/aromatic N) is 1. The highest BCUT2D eigenvalue weighted by Gasteiger charge is 2.13. The van der Waals surface area contributed by atoms with Crippen molar-refractivity contribution in [2.75, 3.05) is 18.5 Å². The van der Waals surface area contributed by atoms with Gasteiger partial charge in [0.1, 0.15) is 17.4 Å². The van der Waals surface area contributed by atoms with Crippen LogP contribution in [0.4, 0.5) is 5.69 Å². The molecule has 2 aromatic rings. The van der Waals surface area contributed by atoms with Crippen molar-refractivity contribution in [2.24, 2.45) is 0 Å². The second kappa shape index (κ2) is 10.5. The molecular weight excluding hydrogens is 356 g/mol. The van der Waals surface area contributed by atoms with Gasteiger partial charge in [-0.25, -0.2) is 4.79 Å². The van der Waals surface area contributed by atoms with Crippen LogP contribution in [-0.4, -0.2) is 25.1 Å². The fourth-order valence-electron chi connectivity index (χ4n) is 2.38. The Kier molecular flexibility index (Phi) is 7.79. The smallest absolute Gasteiger partial charge is 0.338 e. The topological polar surface area (TPSA) is 88.4 Å². The lowest BCUT2D eigenvalue weighted by atomic mass is 10.1. The van der Waals surface area contributed by atoms with Crippen LogP contribution in [0.1, 0.15) is 36.2 Å². The number of para-hydroxylation sites is 1. The second-order valence-electron chi connectivity index (χ2n) is 5.81. The number of hydrogen-bond donors (Lipinski definition) is 1. The van der Waals surface area contributed by atoms with Gasteiger partial charge >= 0.3 is 5.97 Å². The first-order valence-corrected chi connectivity index (χ1v) is 9.01. The Morgan fingerprint density at radius 2 is 1.93 bits per heavy atom. The van der Waals surface area contributed by atoms with Crippen molar-refractivity contribution < 1.29 is 19.1 Å². The standard InChI is InChI=1S/C22H22N2O4/c1-3-12-28-20-11-6-5-8-16(20)13-18(15-23)21(25)24-19-10-7-9-17(14-19)22(26)27-4-2/h5-11,13-14H,3-4,12H2,1-2H3,(H,24,25)/b18-13+. The molecule has 0 fully saturated rings. The summed E-state index contributed by atoms with van der Waals surface area (Å²) in [4.78, 5) is 24.3. The summed E-state index contributed by atoms with van der Waals surface area (Å²) in [5.41, 5.74) is 1.28. The van der Waals surface area contributed by atoms with Crippen molar-refractivity contribution in [1.29, 1.82) is 5.26 Å². The highest BCUT2D eigenvalue weighted by Crippen LogP contribution is 2.22. The third-order valence-electron chi connectivity index (χ3n) is 3.68. The lowest BCUT2D eigenvalue weighted by Crippen LogP contribution is -2.14. The van der Waals surface area contributed by atoms with Gasteiger partial charge in [-0.05, 0) is 43.7 Å². The summed E-state index contributed by atoms with van der Waals surface area (Å²) in [5.74, 6) is -0.445. The molecule has 1 N–H and O–H groups in total. The quantitative estimate of drug-likeness (QED) is 0.422. The van der Waals surface area contributed by atoms with Crippen LogP contribution in [0.2, 0.25) is 0 Å². The van der Waals surface area contributed by atoms with E-state index in [9.17, 15) is 14.9 Å². The molecule has 0 atom stereocenters. The van der Waals surface area contributed by atoms with Crippen molar-refractivity contribution in [1.82, 2.24) is 0 Å². The fraction of sp³-hybridized carbons (Fsp3) is 0.227. The molecule has 28 heavy (non-hydrogen) atoms. The molecule has 0 heterocycles. The molecule has 0 unspecified atom stereocenters. The van der Waals surface area contributed by atoms with E-state index in [1.807, 2.05) is 19.1 Å². The highest BCUT2D eigenvalue weighted by molar-refractivity contribution is 6.10. The zero-order valence-corrected chi connectivity index (χ0v) is 15.9. The molecule has 0 aromatic heterocycles. The third-order valence-corrected chi connectivity index (χ3v) is 3.68. The van der Waals surface area contributed by atoms with Gasteiger partial charge in [-0.1, -0.05) is 31.2 Å². The minimum atomic E-state index is -0.575. The number of carbonyl (C=O) groups excluding carboxylic acids is 2. The third kappa shape index (κ3) is 5.71. The van der Waals surface area contributed by atoms with Gasteiger partial charge in [0.2, 0.25) is 0 Å². The van der Waals surface area contributed by atoms with E-state index >= 15 is 0 Å². The summed E-state index contributed by atoms with van der Waals surface area (Å²) >= 11 is 0. The van der Waals surface area contributed by atoms with Crippen LogP contribution in [0.25, 0.3) is 6.08 Å². The van der Waals surface area contributed by atoms with E-state index < -0.39 is 11.9 Å². The van der Waals surface area contributed by atoms with E-state index in [0.29, 0.717) is 29.2 Å². The number of rotatable bonds is 8. The minimum absolute atomic E-state index is 0.0749. The van der Waals surface area contributed by atoms with Crippen molar-refractivity contribution in [3.05, 3.63) is 65.2 Å². The summed E-state index contributed by atoms with van der Waals surface area (Å²) < 4.78 is 10.6. The molecule has 0 aliphatic rings. The first-order chi connectivity index (χ1) is 13.6. The first-order valence-electron chi connectivity index (χ1n) is 9.01. The molecule has 0 saturated heterocycles. The Balaban J connectivity index is 2.21. The Hall–Kier alpha value is -3.59. The van der Waals surface area contributed by atoms with Gasteiger partial charge in [0, 0.05) is 11.3 Å². The zero-order valence-electron chi connectivity index (χ0n) is 15.9.